The Bertz CT molecular complexity index is 774. The molecule has 27 heavy (non-hydrogen) atoms. The number of ether oxygens (including phenoxy) is 1. The van der Waals surface area contributed by atoms with Gasteiger partial charge in [0, 0.05) is 0 Å². The first kappa shape index (κ1) is 20.1. The minimum atomic E-state index is -1.12. The van der Waals surface area contributed by atoms with Gasteiger partial charge in [-0.25, -0.2) is 5.43 Å². The van der Waals surface area contributed by atoms with Crippen LogP contribution in [-0.2, 0) is 9.59 Å². The molecule has 0 aliphatic rings. The van der Waals surface area contributed by atoms with E-state index < -0.39 is 12.0 Å². The van der Waals surface area contributed by atoms with Crippen molar-refractivity contribution in [2.75, 3.05) is 6.61 Å². The number of hydrogen-bond acceptors (Lipinski definition) is 5. The summed E-state index contributed by atoms with van der Waals surface area (Å²) < 4.78 is 5.47. The van der Waals surface area contributed by atoms with Crippen LogP contribution < -0.4 is 15.5 Å². The van der Waals surface area contributed by atoms with Crippen LogP contribution in [0.15, 0.2) is 59.7 Å². The molecule has 2 aromatic carbocycles. The summed E-state index contributed by atoms with van der Waals surface area (Å²) >= 11 is 0. The van der Waals surface area contributed by atoms with Gasteiger partial charge < -0.3 is 15.2 Å². The molecule has 0 spiro atoms. The molecule has 0 unspecified atom stereocenters. The van der Waals surface area contributed by atoms with E-state index in [1.807, 2.05) is 37.3 Å². The van der Waals surface area contributed by atoms with Gasteiger partial charge in [-0.1, -0.05) is 30.3 Å². The maximum absolute atomic E-state index is 12.0. The van der Waals surface area contributed by atoms with Crippen molar-refractivity contribution < 1.29 is 19.4 Å². The van der Waals surface area contributed by atoms with Crippen molar-refractivity contribution in [2.24, 2.45) is 5.10 Å². The molecule has 0 bridgehead atoms. The molecule has 2 aromatic rings. The van der Waals surface area contributed by atoms with Crippen LogP contribution in [0, 0.1) is 0 Å². The highest BCUT2D eigenvalue weighted by Gasteiger charge is 2.09. The molecule has 0 fully saturated rings. The number of amides is 2. The molecule has 0 aromatic heterocycles. The highest BCUT2D eigenvalue weighted by Crippen LogP contribution is 2.13. The Hall–Kier alpha value is -3.19. The van der Waals surface area contributed by atoms with Crippen molar-refractivity contribution in [3.05, 3.63) is 65.7 Å². The van der Waals surface area contributed by atoms with Gasteiger partial charge in [-0.15, -0.1) is 0 Å². The van der Waals surface area contributed by atoms with E-state index in [9.17, 15) is 9.59 Å². The third kappa shape index (κ3) is 6.91. The van der Waals surface area contributed by atoms with Crippen molar-refractivity contribution in [1.82, 2.24) is 10.7 Å². The Labute approximate surface area is 158 Å². The average Bonchev–Trinajstić information content (AvgIpc) is 2.67. The van der Waals surface area contributed by atoms with E-state index in [4.69, 9.17) is 9.84 Å². The van der Waals surface area contributed by atoms with Crippen LogP contribution in [0.4, 0.5) is 0 Å². The molecule has 142 valence electrons. The first-order valence-electron chi connectivity index (χ1n) is 8.54. The van der Waals surface area contributed by atoms with Gasteiger partial charge in [0.2, 0.25) is 0 Å². The summed E-state index contributed by atoms with van der Waals surface area (Å²) in [6, 6.07) is 16.5. The largest absolute Gasteiger partial charge is 0.484 e. The molecule has 7 heteroatoms. The van der Waals surface area contributed by atoms with Gasteiger partial charge in [-0.2, -0.15) is 5.10 Å². The predicted molar refractivity (Wildman–Crippen MR) is 102 cm³/mol. The fraction of sp³-hybridized carbons (Fsp3) is 0.250. The lowest BCUT2D eigenvalue weighted by atomic mass is 10.1. The lowest BCUT2D eigenvalue weighted by Crippen LogP contribution is -2.31. The molecule has 2 rings (SSSR count). The summed E-state index contributed by atoms with van der Waals surface area (Å²) in [5, 5.41) is 15.7. The Balaban J connectivity index is 1.78. The SMILES string of the molecule is C[C@H](O)C(=O)N/N=C\c1ccc(OCC(=O)N[C@@H](C)c2ccccc2)cc1. The van der Waals surface area contributed by atoms with Crippen molar-refractivity contribution >= 4 is 18.0 Å². The number of hydrogen-bond donors (Lipinski definition) is 3. The number of hydrazone groups is 1. The van der Waals surface area contributed by atoms with Crippen molar-refractivity contribution in [3.8, 4) is 5.75 Å². The Morgan fingerprint density at radius 2 is 1.78 bits per heavy atom. The number of benzene rings is 2. The molecular weight excluding hydrogens is 346 g/mol. The van der Waals surface area contributed by atoms with Crippen LogP contribution in [0.25, 0.3) is 0 Å². The zero-order chi connectivity index (χ0) is 19.6. The quantitative estimate of drug-likeness (QED) is 0.488. The molecule has 3 N–H and O–H groups in total. The number of nitrogens with one attached hydrogen (secondary N) is 2. The van der Waals surface area contributed by atoms with E-state index in [1.54, 1.807) is 24.3 Å². The minimum Gasteiger partial charge on any atom is -0.484 e. The van der Waals surface area contributed by atoms with E-state index >= 15 is 0 Å². The monoisotopic (exact) mass is 369 g/mol. The van der Waals surface area contributed by atoms with Gasteiger partial charge >= 0.3 is 0 Å². The fourth-order valence-electron chi connectivity index (χ4n) is 2.17. The van der Waals surface area contributed by atoms with Gasteiger partial charge in [0.15, 0.2) is 6.61 Å². The zero-order valence-electron chi connectivity index (χ0n) is 15.3. The first-order chi connectivity index (χ1) is 13.0. The van der Waals surface area contributed by atoms with Gasteiger partial charge in [-0.3, -0.25) is 9.59 Å². The topological polar surface area (TPSA) is 100 Å². The highest BCUT2D eigenvalue weighted by molar-refractivity contribution is 5.84. The molecule has 0 saturated heterocycles. The van der Waals surface area contributed by atoms with E-state index in [0.29, 0.717) is 5.75 Å². The van der Waals surface area contributed by atoms with Crippen molar-refractivity contribution in [3.63, 3.8) is 0 Å². The predicted octanol–water partition coefficient (Wildman–Crippen LogP) is 1.77. The summed E-state index contributed by atoms with van der Waals surface area (Å²) in [4.78, 5) is 23.2. The van der Waals surface area contributed by atoms with E-state index in [-0.39, 0.29) is 18.6 Å². The van der Waals surface area contributed by atoms with Crippen molar-refractivity contribution in [2.45, 2.75) is 26.0 Å². The van der Waals surface area contributed by atoms with Crippen LogP contribution >= 0.6 is 0 Å². The maximum Gasteiger partial charge on any atom is 0.268 e. The molecule has 0 aliphatic heterocycles. The van der Waals surface area contributed by atoms with Crippen LogP contribution in [0.1, 0.15) is 31.0 Å². The fourth-order valence-corrected chi connectivity index (χ4v) is 2.17. The van der Waals surface area contributed by atoms with Gasteiger partial charge in [0.25, 0.3) is 11.8 Å². The third-order valence-electron chi connectivity index (χ3n) is 3.69. The summed E-state index contributed by atoms with van der Waals surface area (Å²) in [7, 11) is 0. The smallest absolute Gasteiger partial charge is 0.268 e. The summed E-state index contributed by atoms with van der Waals surface area (Å²) in [5.74, 6) is -0.248. The number of carbonyl (C=O) groups excluding carboxylic acids is 2. The second-order valence-electron chi connectivity index (χ2n) is 5.97. The molecule has 2 amide bonds. The third-order valence-corrected chi connectivity index (χ3v) is 3.69. The summed E-state index contributed by atoms with van der Waals surface area (Å²) in [5.41, 5.74) is 3.97. The highest BCUT2D eigenvalue weighted by atomic mass is 16.5. The van der Waals surface area contributed by atoms with E-state index in [0.717, 1.165) is 11.1 Å². The van der Waals surface area contributed by atoms with Gasteiger partial charge in [0.05, 0.1) is 12.3 Å². The van der Waals surface area contributed by atoms with Crippen LogP contribution in [0.3, 0.4) is 0 Å². The first-order valence-corrected chi connectivity index (χ1v) is 8.54. The minimum absolute atomic E-state index is 0.0882. The molecular formula is C20H23N3O4. The lowest BCUT2D eigenvalue weighted by Gasteiger charge is -2.14. The number of nitrogens with zero attached hydrogens (tertiary/aromatic N) is 1. The molecule has 0 heterocycles. The molecule has 0 radical (unpaired) electrons. The van der Waals surface area contributed by atoms with Crippen molar-refractivity contribution in [1.29, 1.82) is 0 Å². The van der Waals surface area contributed by atoms with E-state index in [2.05, 4.69) is 15.8 Å². The molecule has 0 aliphatic carbocycles. The number of carbonyl (C=O) groups is 2. The van der Waals surface area contributed by atoms with Crippen LogP contribution in [-0.4, -0.2) is 35.8 Å². The normalized spacial score (nSPS) is 13.0. The lowest BCUT2D eigenvalue weighted by molar-refractivity contribution is -0.128. The Morgan fingerprint density at radius 1 is 1.11 bits per heavy atom. The standard InChI is InChI=1S/C20H23N3O4/c1-14(17-6-4-3-5-7-17)22-19(25)13-27-18-10-8-16(9-11-18)12-21-23-20(26)15(2)24/h3-12,14-15,24H,13H2,1-2H3,(H,22,25)(H,23,26)/b21-12-/t14-,15-/m0/s1. The number of aliphatic hydroxyl groups is 1. The maximum atomic E-state index is 12.0. The average molecular weight is 369 g/mol. The van der Waals surface area contributed by atoms with Crippen LogP contribution in [0.2, 0.25) is 0 Å². The van der Waals surface area contributed by atoms with Gasteiger partial charge in [-0.05, 0) is 49.2 Å². The zero-order valence-corrected chi connectivity index (χ0v) is 15.3. The Kier molecular flexibility index (Phi) is 7.51. The summed E-state index contributed by atoms with van der Waals surface area (Å²) in [6.45, 7) is 3.18. The second-order valence-corrected chi connectivity index (χ2v) is 5.97. The number of rotatable bonds is 8. The van der Waals surface area contributed by atoms with Gasteiger partial charge in [0.1, 0.15) is 11.9 Å². The molecule has 2 atom stereocenters. The summed E-state index contributed by atoms with van der Waals surface area (Å²) in [6.07, 6.45) is 0.326. The van der Waals surface area contributed by atoms with E-state index in [1.165, 1.54) is 13.1 Å². The number of aliphatic hydroxyl groups excluding tert-OH is 1. The molecule has 7 nitrogen and oxygen atoms in total. The Morgan fingerprint density at radius 3 is 2.41 bits per heavy atom. The molecule has 0 saturated carbocycles. The second kappa shape index (κ2) is 10.1. The van der Waals surface area contributed by atoms with Crippen LogP contribution in [0.5, 0.6) is 5.75 Å².